The fraction of sp³-hybridized carbons (Fsp3) is 0.667. The first-order chi connectivity index (χ1) is 4.33. The second-order valence-electron chi connectivity index (χ2n) is 2.17. The normalized spacial score (nSPS) is 26.6. The van der Waals surface area contributed by atoms with E-state index < -0.39 is 0 Å². The monoisotopic (exact) mass is 124 g/mol. The largest absolute Gasteiger partial charge is 0.356 e. The molecule has 1 amide bonds. The standard InChI is InChI=1S/C6H8N2O/c7-4-5-1-2-8-6(9)3-5/h5H,1-3H2,(H,8,9). The molecule has 3 nitrogen and oxygen atoms in total. The number of nitrogens with one attached hydrogen (secondary N) is 1. The van der Waals surface area contributed by atoms with Gasteiger partial charge in [-0.15, -0.1) is 0 Å². The summed E-state index contributed by atoms with van der Waals surface area (Å²) in [7, 11) is 0. The molecule has 1 N–H and O–H groups in total. The van der Waals surface area contributed by atoms with Gasteiger partial charge in [0.25, 0.3) is 0 Å². The number of carbonyl (C=O) groups is 1. The fourth-order valence-electron chi connectivity index (χ4n) is 0.894. The number of nitrogens with zero attached hydrogens (tertiary/aromatic N) is 1. The molecule has 1 fully saturated rings. The van der Waals surface area contributed by atoms with Gasteiger partial charge in [-0.05, 0) is 6.42 Å². The summed E-state index contributed by atoms with van der Waals surface area (Å²) in [6, 6.07) is 2.07. The Morgan fingerprint density at radius 3 is 3.00 bits per heavy atom. The van der Waals surface area contributed by atoms with Crippen LogP contribution in [-0.4, -0.2) is 12.5 Å². The lowest BCUT2D eigenvalue weighted by molar-refractivity contribution is -0.122. The number of carbonyl (C=O) groups excluding carboxylic acids is 1. The maximum absolute atomic E-state index is 10.6. The van der Waals surface area contributed by atoms with Gasteiger partial charge < -0.3 is 5.32 Å². The van der Waals surface area contributed by atoms with Crippen LogP contribution in [0, 0.1) is 17.2 Å². The van der Waals surface area contributed by atoms with Crippen LogP contribution in [0.25, 0.3) is 0 Å². The van der Waals surface area contributed by atoms with Gasteiger partial charge in [-0.25, -0.2) is 0 Å². The molecule has 0 bridgehead atoms. The Kier molecular flexibility index (Phi) is 1.69. The van der Waals surface area contributed by atoms with E-state index in [4.69, 9.17) is 5.26 Å². The molecule has 9 heavy (non-hydrogen) atoms. The van der Waals surface area contributed by atoms with E-state index in [9.17, 15) is 4.79 Å². The molecule has 1 unspecified atom stereocenters. The number of nitriles is 1. The average molecular weight is 124 g/mol. The van der Waals surface area contributed by atoms with Gasteiger partial charge >= 0.3 is 0 Å². The molecule has 0 saturated carbocycles. The minimum Gasteiger partial charge on any atom is -0.356 e. The van der Waals surface area contributed by atoms with Crippen LogP contribution >= 0.6 is 0 Å². The van der Waals surface area contributed by atoms with E-state index >= 15 is 0 Å². The zero-order chi connectivity index (χ0) is 6.69. The number of piperidine rings is 1. The molecule has 1 aliphatic rings. The van der Waals surface area contributed by atoms with Crippen LogP contribution in [0.1, 0.15) is 12.8 Å². The van der Waals surface area contributed by atoms with Crippen molar-refractivity contribution in [3.05, 3.63) is 0 Å². The lowest BCUT2D eigenvalue weighted by atomic mass is 10.00. The highest BCUT2D eigenvalue weighted by atomic mass is 16.1. The van der Waals surface area contributed by atoms with Gasteiger partial charge in [0.15, 0.2) is 0 Å². The zero-order valence-electron chi connectivity index (χ0n) is 5.05. The fourth-order valence-corrected chi connectivity index (χ4v) is 0.894. The maximum atomic E-state index is 10.6. The van der Waals surface area contributed by atoms with Crippen molar-refractivity contribution in [2.75, 3.05) is 6.54 Å². The van der Waals surface area contributed by atoms with Crippen molar-refractivity contribution in [2.45, 2.75) is 12.8 Å². The van der Waals surface area contributed by atoms with E-state index in [1.165, 1.54) is 0 Å². The first-order valence-electron chi connectivity index (χ1n) is 2.99. The molecule has 0 aromatic carbocycles. The van der Waals surface area contributed by atoms with Gasteiger partial charge in [-0.3, -0.25) is 4.79 Å². The summed E-state index contributed by atoms with van der Waals surface area (Å²) in [5.74, 6) is -0.0356. The van der Waals surface area contributed by atoms with Crippen molar-refractivity contribution in [3.63, 3.8) is 0 Å². The second-order valence-corrected chi connectivity index (χ2v) is 2.17. The van der Waals surface area contributed by atoms with E-state index in [1.807, 2.05) is 0 Å². The molecule has 48 valence electrons. The molecule has 1 atom stereocenters. The molecule has 1 heterocycles. The topological polar surface area (TPSA) is 52.9 Å². The highest BCUT2D eigenvalue weighted by Crippen LogP contribution is 2.09. The third kappa shape index (κ3) is 1.43. The number of hydrogen-bond donors (Lipinski definition) is 1. The van der Waals surface area contributed by atoms with Crippen LogP contribution in [-0.2, 0) is 4.79 Å². The van der Waals surface area contributed by atoms with Crippen molar-refractivity contribution >= 4 is 5.91 Å². The Balaban J connectivity index is 2.43. The summed E-state index contributed by atoms with van der Waals surface area (Å²) in [5.41, 5.74) is 0. The smallest absolute Gasteiger partial charge is 0.221 e. The van der Waals surface area contributed by atoms with Gasteiger partial charge in [-0.1, -0.05) is 0 Å². The Hall–Kier alpha value is -1.04. The van der Waals surface area contributed by atoms with Crippen LogP contribution in [0.2, 0.25) is 0 Å². The van der Waals surface area contributed by atoms with Crippen molar-refractivity contribution in [3.8, 4) is 6.07 Å². The predicted octanol–water partition coefficient (Wildman–Crippen LogP) is 0.0362. The third-order valence-corrected chi connectivity index (χ3v) is 1.43. The zero-order valence-corrected chi connectivity index (χ0v) is 5.05. The molecule has 1 aliphatic heterocycles. The van der Waals surface area contributed by atoms with E-state index in [-0.39, 0.29) is 11.8 Å². The Morgan fingerprint density at radius 2 is 2.56 bits per heavy atom. The Morgan fingerprint density at radius 1 is 1.78 bits per heavy atom. The number of rotatable bonds is 0. The first kappa shape index (κ1) is 6.09. The van der Waals surface area contributed by atoms with E-state index in [1.54, 1.807) is 0 Å². The third-order valence-electron chi connectivity index (χ3n) is 1.43. The summed E-state index contributed by atoms with van der Waals surface area (Å²) >= 11 is 0. The second kappa shape index (κ2) is 2.49. The summed E-state index contributed by atoms with van der Waals surface area (Å²) in [5, 5.41) is 11.0. The van der Waals surface area contributed by atoms with Gasteiger partial charge in [0.2, 0.25) is 5.91 Å². The summed E-state index contributed by atoms with van der Waals surface area (Å²) in [6.07, 6.45) is 1.19. The molecular weight excluding hydrogens is 116 g/mol. The average Bonchev–Trinajstić information content (AvgIpc) is 1.88. The minimum absolute atomic E-state index is 0.00722. The maximum Gasteiger partial charge on any atom is 0.221 e. The molecule has 0 aliphatic carbocycles. The van der Waals surface area contributed by atoms with Crippen LogP contribution in [0.4, 0.5) is 0 Å². The van der Waals surface area contributed by atoms with Crippen LogP contribution in [0.15, 0.2) is 0 Å². The summed E-state index contributed by atoms with van der Waals surface area (Å²) in [4.78, 5) is 10.6. The van der Waals surface area contributed by atoms with Crippen LogP contribution < -0.4 is 5.32 Å². The summed E-state index contributed by atoms with van der Waals surface area (Å²) < 4.78 is 0. The van der Waals surface area contributed by atoms with Crippen molar-refractivity contribution < 1.29 is 4.79 Å². The molecular formula is C6H8N2O. The lowest BCUT2D eigenvalue weighted by Gasteiger charge is -2.14. The van der Waals surface area contributed by atoms with Crippen molar-refractivity contribution in [1.29, 1.82) is 5.26 Å². The molecule has 0 aromatic rings. The van der Waals surface area contributed by atoms with Crippen molar-refractivity contribution in [2.24, 2.45) is 5.92 Å². The van der Waals surface area contributed by atoms with E-state index in [2.05, 4.69) is 11.4 Å². The van der Waals surface area contributed by atoms with Gasteiger partial charge in [0, 0.05) is 13.0 Å². The quantitative estimate of drug-likeness (QED) is 0.495. The van der Waals surface area contributed by atoms with Crippen molar-refractivity contribution in [1.82, 2.24) is 5.32 Å². The lowest BCUT2D eigenvalue weighted by Crippen LogP contribution is -2.32. The summed E-state index contributed by atoms with van der Waals surface area (Å²) in [6.45, 7) is 0.664. The molecule has 0 spiro atoms. The Bertz CT molecular complexity index is 159. The van der Waals surface area contributed by atoms with Gasteiger partial charge in [-0.2, -0.15) is 5.26 Å². The SMILES string of the molecule is N#CC1CCNC(=O)C1. The van der Waals surface area contributed by atoms with E-state index in [0.717, 1.165) is 6.42 Å². The molecule has 1 saturated heterocycles. The highest BCUT2D eigenvalue weighted by Gasteiger charge is 2.17. The highest BCUT2D eigenvalue weighted by molar-refractivity contribution is 5.77. The van der Waals surface area contributed by atoms with Crippen LogP contribution in [0.3, 0.4) is 0 Å². The molecule has 0 radical (unpaired) electrons. The molecule has 0 aromatic heterocycles. The number of amides is 1. The first-order valence-corrected chi connectivity index (χ1v) is 2.99. The Labute approximate surface area is 53.7 Å². The van der Waals surface area contributed by atoms with E-state index in [0.29, 0.717) is 13.0 Å². The predicted molar refractivity (Wildman–Crippen MR) is 31.3 cm³/mol. The van der Waals surface area contributed by atoms with Crippen LogP contribution in [0.5, 0.6) is 0 Å². The molecule has 1 rings (SSSR count). The van der Waals surface area contributed by atoms with Gasteiger partial charge in [0.1, 0.15) is 0 Å². The minimum atomic E-state index is -0.0428. The van der Waals surface area contributed by atoms with Gasteiger partial charge in [0.05, 0.1) is 12.0 Å². The number of hydrogen-bond acceptors (Lipinski definition) is 2. The molecule has 3 heteroatoms.